The van der Waals surface area contributed by atoms with Gasteiger partial charge in [0, 0.05) is 44.8 Å². The molecule has 0 amide bonds. The van der Waals surface area contributed by atoms with E-state index in [0.717, 1.165) is 24.4 Å². The van der Waals surface area contributed by atoms with E-state index in [4.69, 9.17) is 11.6 Å². The number of likely N-dealkylation sites (N-methyl/N-ethyl adjacent to an activating group) is 1. The number of rotatable bonds is 5. The molecule has 1 fully saturated rings. The third-order valence-electron chi connectivity index (χ3n) is 4.75. The first-order valence-corrected chi connectivity index (χ1v) is 10.8. The molecule has 0 unspecified atom stereocenters. The Labute approximate surface area is 168 Å². The van der Waals surface area contributed by atoms with E-state index in [9.17, 15) is 8.42 Å². The Morgan fingerprint density at radius 1 is 1.11 bits per heavy atom. The standard InChI is InChI=1S/C18H21ClN6O2S/c1-23-6-8-25(9-7-23)28(26,27)16-3-4-17(21-11-16)20-10-15-13-24-12-14(19)2-5-18(24)22-15/h2-5,11-13H,6-10H2,1H3,(H,20,21). The summed E-state index contributed by atoms with van der Waals surface area (Å²) in [5, 5.41) is 3.81. The third kappa shape index (κ3) is 3.97. The van der Waals surface area contributed by atoms with Crippen molar-refractivity contribution in [3.63, 3.8) is 0 Å². The minimum atomic E-state index is -3.50. The number of hydrogen-bond donors (Lipinski definition) is 1. The van der Waals surface area contributed by atoms with Gasteiger partial charge < -0.3 is 14.6 Å². The zero-order valence-electron chi connectivity index (χ0n) is 15.4. The van der Waals surface area contributed by atoms with Crippen molar-refractivity contribution in [1.82, 2.24) is 23.6 Å². The molecular weight excluding hydrogens is 400 g/mol. The molecule has 0 saturated carbocycles. The highest BCUT2D eigenvalue weighted by Crippen LogP contribution is 2.18. The molecule has 3 aromatic rings. The fourth-order valence-corrected chi connectivity index (χ4v) is 4.63. The fraction of sp³-hybridized carbons (Fsp3) is 0.333. The number of pyridine rings is 2. The number of aromatic nitrogens is 3. The first kappa shape index (κ1) is 19.1. The number of halogens is 1. The highest BCUT2D eigenvalue weighted by atomic mass is 35.5. The van der Waals surface area contributed by atoms with E-state index >= 15 is 0 Å². The molecule has 0 spiro atoms. The van der Waals surface area contributed by atoms with Gasteiger partial charge >= 0.3 is 0 Å². The molecule has 0 bridgehead atoms. The SMILES string of the molecule is CN1CCN(S(=O)(=O)c2ccc(NCc3cn4cc(Cl)ccc4n3)nc2)CC1. The van der Waals surface area contributed by atoms with Crippen molar-refractivity contribution in [3.8, 4) is 0 Å². The molecule has 0 atom stereocenters. The first-order valence-electron chi connectivity index (χ1n) is 8.93. The van der Waals surface area contributed by atoms with Crippen LogP contribution in [0.4, 0.5) is 5.82 Å². The molecule has 1 saturated heterocycles. The molecule has 8 nitrogen and oxygen atoms in total. The Morgan fingerprint density at radius 3 is 2.61 bits per heavy atom. The van der Waals surface area contributed by atoms with Gasteiger partial charge in [0.25, 0.3) is 0 Å². The predicted octanol–water partition coefficient (Wildman–Crippen LogP) is 1.93. The summed E-state index contributed by atoms with van der Waals surface area (Å²) in [4.78, 5) is 11.1. The van der Waals surface area contributed by atoms with E-state index in [1.165, 1.54) is 10.5 Å². The van der Waals surface area contributed by atoms with Crippen LogP contribution in [0.1, 0.15) is 5.69 Å². The Hall–Kier alpha value is -2.20. The van der Waals surface area contributed by atoms with Crippen LogP contribution < -0.4 is 5.32 Å². The quantitative estimate of drug-likeness (QED) is 0.679. The summed E-state index contributed by atoms with van der Waals surface area (Å²) in [6.45, 7) is 2.93. The molecule has 4 heterocycles. The summed E-state index contributed by atoms with van der Waals surface area (Å²) in [7, 11) is -1.51. The Bertz CT molecular complexity index is 1080. The second-order valence-electron chi connectivity index (χ2n) is 6.79. The lowest BCUT2D eigenvalue weighted by Crippen LogP contribution is -2.47. The predicted molar refractivity (Wildman–Crippen MR) is 108 cm³/mol. The summed E-state index contributed by atoms with van der Waals surface area (Å²) in [5.74, 6) is 0.590. The highest BCUT2D eigenvalue weighted by Gasteiger charge is 2.27. The normalized spacial score (nSPS) is 16.5. The maximum absolute atomic E-state index is 12.7. The van der Waals surface area contributed by atoms with Gasteiger partial charge in [0.05, 0.1) is 17.3 Å². The van der Waals surface area contributed by atoms with Crippen LogP contribution in [0, 0.1) is 0 Å². The van der Waals surface area contributed by atoms with E-state index in [2.05, 4.69) is 20.2 Å². The Morgan fingerprint density at radius 2 is 1.89 bits per heavy atom. The number of piperazine rings is 1. The number of hydrogen-bond acceptors (Lipinski definition) is 6. The number of anilines is 1. The first-order chi connectivity index (χ1) is 13.4. The molecule has 3 aromatic heterocycles. The van der Waals surface area contributed by atoms with Gasteiger partial charge in [-0.25, -0.2) is 18.4 Å². The van der Waals surface area contributed by atoms with Crippen molar-refractivity contribution in [2.24, 2.45) is 0 Å². The van der Waals surface area contributed by atoms with Crippen LogP contribution in [0.3, 0.4) is 0 Å². The molecule has 148 valence electrons. The van der Waals surface area contributed by atoms with Crippen LogP contribution in [0.25, 0.3) is 5.65 Å². The van der Waals surface area contributed by atoms with Crippen molar-refractivity contribution >= 4 is 33.1 Å². The van der Waals surface area contributed by atoms with Crippen molar-refractivity contribution in [1.29, 1.82) is 0 Å². The average molecular weight is 421 g/mol. The van der Waals surface area contributed by atoms with E-state index in [-0.39, 0.29) is 4.90 Å². The lowest BCUT2D eigenvalue weighted by molar-refractivity contribution is 0.222. The molecule has 1 N–H and O–H groups in total. The molecule has 4 rings (SSSR count). The lowest BCUT2D eigenvalue weighted by atomic mass is 10.4. The van der Waals surface area contributed by atoms with Gasteiger partial charge in [-0.15, -0.1) is 0 Å². The molecule has 28 heavy (non-hydrogen) atoms. The number of fused-ring (bicyclic) bond motifs is 1. The van der Waals surface area contributed by atoms with E-state index < -0.39 is 10.0 Å². The van der Waals surface area contributed by atoms with E-state index in [1.54, 1.807) is 24.4 Å². The number of nitrogens with zero attached hydrogens (tertiary/aromatic N) is 5. The van der Waals surface area contributed by atoms with Crippen LogP contribution in [0.2, 0.25) is 5.02 Å². The number of nitrogens with one attached hydrogen (secondary N) is 1. The van der Waals surface area contributed by atoms with Crippen molar-refractivity contribution in [2.45, 2.75) is 11.4 Å². The molecule has 1 aliphatic rings. The third-order valence-corrected chi connectivity index (χ3v) is 6.86. The Kier molecular flexibility index (Phi) is 5.24. The maximum atomic E-state index is 12.7. The summed E-state index contributed by atoms with van der Waals surface area (Å²) >= 11 is 5.99. The molecule has 0 radical (unpaired) electrons. The maximum Gasteiger partial charge on any atom is 0.244 e. The highest BCUT2D eigenvalue weighted by molar-refractivity contribution is 7.89. The zero-order valence-corrected chi connectivity index (χ0v) is 17.0. The van der Waals surface area contributed by atoms with Crippen molar-refractivity contribution in [3.05, 3.63) is 53.6 Å². The topological polar surface area (TPSA) is 82.8 Å². The molecule has 0 aromatic carbocycles. The minimum absolute atomic E-state index is 0.213. The van der Waals surface area contributed by atoms with Gasteiger partial charge in [-0.05, 0) is 31.3 Å². The summed E-state index contributed by atoms with van der Waals surface area (Å²) in [6, 6.07) is 6.91. The smallest absolute Gasteiger partial charge is 0.244 e. The van der Waals surface area contributed by atoms with Crippen LogP contribution in [-0.4, -0.2) is 65.2 Å². The van der Waals surface area contributed by atoms with Crippen LogP contribution in [0.15, 0.2) is 47.8 Å². The van der Waals surface area contributed by atoms with E-state index in [0.29, 0.717) is 30.5 Å². The van der Waals surface area contributed by atoms with Gasteiger partial charge in [0.2, 0.25) is 10.0 Å². The van der Waals surface area contributed by atoms with Crippen LogP contribution in [0.5, 0.6) is 0 Å². The van der Waals surface area contributed by atoms with Crippen molar-refractivity contribution in [2.75, 3.05) is 38.5 Å². The monoisotopic (exact) mass is 420 g/mol. The summed E-state index contributed by atoms with van der Waals surface area (Å²) in [6.07, 6.45) is 5.09. The van der Waals surface area contributed by atoms with Crippen LogP contribution >= 0.6 is 11.6 Å². The Balaban J connectivity index is 1.42. The van der Waals surface area contributed by atoms with Gasteiger partial charge in [0.15, 0.2) is 0 Å². The van der Waals surface area contributed by atoms with Gasteiger partial charge in [-0.1, -0.05) is 11.6 Å². The van der Waals surface area contributed by atoms with Crippen molar-refractivity contribution < 1.29 is 8.42 Å². The number of sulfonamides is 1. The van der Waals surface area contributed by atoms with Crippen LogP contribution in [-0.2, 0) is 16.6 Å². The molecular formula is C18H21ClN6O2S. The second kappa shape index (κ2) is 7.67. The van der Waals surface area contributed by atoms with Gasteiger partial charge in [-0.2, -0.15) is 4.31 Å². The average Bonchev–Trinajstić information content (AvgIpc) is 3.09. The largest absolute Gasteiger partial charge is 0.364 e. The summed E-state index contributed by atoms with van der Waals surface area (Å²) in [5.41, 5.74) is 1.64. The molecule has 10 heteroatoms. The fourth-order valence-electron chi connectivity index (χ4n) is 3.10. The van der Waals surface area contributed by atoms with E-state index in [1.807, 2.05) is 23.7 Å². The zero-order chi connectivity index (χ0) is 19.7. The van der Waals surface area contributed by atoms with Gasteiger partial charge in [0.1, 0.15) is 16.4 Å². The van der Waals surface area contributed by atoms with Gasteiger partial charge in [-0.3, -0.25) is 0 Å². The summed E-state index contributed by atoms with van der Waals surface area (Å²) < 4.78 is 28.8. The molecule has 0 aliphatic carbocycles. The second-order valence-corrected chi connectivity index (χ2v) is 9.16. The lowest BCUT2D eigenvalue weighted by Gasteiger charge is -2.31. The minimum Gasteiger partial charge on any atom is -0.364 e. The number of imidazole rings is 1. The molecule has 1 aliphatic heterocycles.